The SMILES string of the molecule is O=c1[nH]c(CC2CC2)no1. The monoisotopic (exact) mass is 140 g/mol. The van der Waals surface area contributed by atoms with Gasteiger partial charge in [0, 0.05) is 6.42 Å². The molecule has 0 saturated heterocycles. The van der Waals surface area contributed by atoms with Crippen LogP contribution in [0.2, 0.25) is 0 Å². The zero-order valence-electron chi connectivity index (χ0n) is 5.46. The van der Waals surface area contributed by atoms with Crippen molar-refractivity contribution < 1.29 is 4.52 Å². The Morgan fingerprint density at radius 2 is 2.50 bits per heavy atom. The van der Waals surface area contributed by atoms with Crippen molar-refractivity contribution in [1.29, 1.82) is 0 Å². The van der Waals surface area contributed by atoms with Gasteiger partial charge in [0.15, 0.2) is 5.82 Å². The summed E-state index contributed by atoms with van der Waals surface area (Å²) >= 11 is 0. The fourth-order valence-electron chi connectivity index (χ4n) is 0.944. The molecule has 1 saturated carbocycles. The summed E-state index contributed by atoms with van der Waals surface area (Å²) in [4.78, 5) is 12.9. The Labute approximate surface area is 57.2 Å². The number of aromatic amines is 1. The van der Waals surface area contributed by atoms with Gasteiger partial charge < -0.3 is 0 Å². The molecule has 1 aliphatic carbocycles. The van der Waals surface area contributed by atoms with Crippen molar-refractivity contribution in [3.63, 3.8) is 0 Å². The molecule has 4 nitrogen and oxygen atoms in total. The van der Waals surface area contributed by atoms with Crippen molar-refractivity contribution >= 4 is 0 Å². The third-order valence-corrected chi connectivity index (χ3v) is 1.66. The molecule has 0 aromatic carbocycles. The molecule has 2 rings (SSSR count). The summed E-state index contributed by atoms with van der Waals surface area (Å²) in [5.74, 6) is 0.976. The second-order valence-electron chi connectivity index (χ2n) is 2.69. The van der Waals surface area contributed by atoms with Crippen molar-refractivity contribution in [2.24, 2.45) is 5.92 Å². The first kappa shape index (κ1) is 5.70. The maximum atomic E-state index is 10.4. The molecule has 0 amide bonds. The van der Waals surface area contributed by atoms with Gasteiger partial charge in [-0.1, -0.05) is 5.16 Å². The third kappa shape index (κ3) is 1.10. The lowest BCUT2D eigenvalue weighted by Gasteiger charge is -1.85. The first-order valence-electron chi connectivity index (χ1n) is 3.39. The van der Waals surface area contributed by atoms with Gasteiger partial charge in [-0.05, 0) is 18.8 Å². The van der Waals surface area contributed by atoms with Gasteiger partial charge in [0.1, 0.15) is 0 Å². The molecule has 0 radical (unpaired) electrons. The number of hydrogen-bond donors (Lipinski definition) is 1. The molecule has 1 aromatic heterocycles. The summed E-state index contributed by atoms with van der Waals surface area (Å²) in [6.07, 6.45) is 3.38. The maximum Gasteiger partial charge on any atom is 0.438 e. The lowest BCUT2D eigenvalue weighted by atomic mass is 10.3. The quantitative estimate of drug-likeness (QED) is 0.643. The Hall–Kier alpha value is -1.06. The van der Waals surface area contributed by atoms with Crippen LogP contribution in [-0.4, -0.2) is 10.1 Å². The van der Waals surface area contributed by atoms with Gasteiger partial charge in [-0.2, -0.15) is 0 Å². The lowest BCUT2D eigenvalue weighted by Crippen LogP contribution is -1.97. The summed E-state index contributed by atoms with van der Waals surface area (Å²) in [5, 5.41) is 3.55. The van der Waals surface area contributed by atoms with Crippen LogP contribution in [0.3, 0.4) is 0 Å². The second-order valence-corrected chi connectivity index (χ2v) is 2.69. The van der Waals surface area contributed by atoms with Crippen LogP contribution in [-0.2, 0) is 6.42 Å². The second kappa shape index (κ2) is 1.97. The molecular formula is C6H8N2O2. The molecule has 10 heavy (non-hydrogen) atoms. The molecule has 0 spiro atoms. The molecule has 0 unspecified atom stereocenters. The van der Waals surface area contributed by atoms with E-state index in [2.05, 4.69) is 14.7 Å². The molecule has 1 fully saturated rings. The van der Waals surface area contributed by atoms with Gasteiger partial charge in [0.25, 0.3) is 0 Å². The van der Waals surface area contributed by atoms with E-state index in [9.17, 15) is 4.79 Å². The minimum absolute atomic E-state index is 0.448. The van der Waals surface area contributed by atoms with Gasteiger partial charge in [0.2, 0.25) is 0 Å². The molecule has 0 atom stereocenters. The van der Waals surface area contributed by atoms with Gasteiger partial charge in [-0.15, -0.1) is 0 Å². The zero-order chi connectivity index (χ0) is 6.97. The molecule has 4 heteroatoms. The van der Waals surface area contributed by atoms with E-state index in [0.717, 1.165) is 12.3 Å². The molecule has 0 aliphatic heterocycles. The maximum absolute atomic E-state index is 10.4. The van der Waals surface area contributed by atoms with Gasteiger partial charge in [0.05, 0.1) is 0 Å². The topological polar surface area (TPSA) is 58.9 Å². The number of hydrogen-bond acceptors (Lipinski definition) is 3. The van der Waals surface area contributed by atoms with Crippen LogP contribution in [0, 0.1) is 5.92 Å². The Bertz CT molecular complexity index is 271. The van der Waals surface area contributed by atoms with Crippen LogP contribution in [0.15, 0.2) is 9.32 Å². The predicted octanol–water partition coefficient (Wildman–Crippen LogP) is 0.315. The molecular weight excluding hydrogens is 132 g/mol. The third-order valence-electron chi connectivity index (χ3n) is 1.66. The molecule has 0 bridgehead atoms. The van der Waals surface area contributed by atoms with Crippen molar-refractivity contribution in [3.8, 4) is 0 Å². The van der Waals surface area contributed by atoms with E-state index in [4.69, 9.17) is 0 Å². The first-order chi connectivity index (χ1) is 4.84. The number of nitrogens with zero attached hydrogens (tertiary/aromatic N) is 1. The Kier molecular flexibility index (Phi) is 1.12. The smallest absolute Gasteiger partial charge is 0.296 e. The van der Waals surface area contributed by atoms with E-state index in [0.29, 0.717) is 5.82 Å². The van der Waals surface area contributed by atoms with Crippen molar-refractivity contribution in [2.45, 2.75) is 19.3 Å². The summed E-state index contributed by atoms with van der Waals surface area (Å²) < 4.78 is 4.33. The van der Waals surface area contributed by atoms with Crippen LogP contribution >= 0.6 is 0 Å². The lowest BCUT2D eigenvalue weighted by molar-refractivity contribution is 0.380. The van der Waals surface area contributed by atoms with E-state index in [1.165, 1.54) is 12.8 Å². The Balaban J connectivity index is 2.10. The first-order valence-corrected chi connectivity index (χ1v) is 3.39. The minimum atomic E-state index is -0.448. The van der Waals surface area contributed by atoms with Gasteiger partial charge in [-0.25, -0.2) is 4.79 Å². The summed E-state index contributed by atoms with van der Waals surface area (Å²) in [6, 6.07) is 0. The highest BCUT2D eigenvalue weighted by atomic mass is 16.5. The number of nitrogens with one attached hydrogen (secondary N) is 1. The molecule has 1 aliphatic rings. The largest absolute Gasteiger partial charge is 0.438 e. The van der Waals surface area contributed by atoms with Crippen LogP contribution < -0.4 is 5.76 Å². The average Bonchev–Trinajstić information content (AvgIpc) is 2.59. The summed E-state index contributed by atoms with van der Waals surface area (Å²) in [5.41, 5.74) is 0. The van der Waals surface area contributed by atoms with Crippen LogP contribution in [0.4, 0.5) is 0 Å². The Morgan fingerprint density at radius 1 is 1.70 bits per heavy atom. The van der Waals surface area contributed by atoms with E-state index in [1.54, 1.807) is 0 Å². The van der Waals surface area contributed by atoms with Gasteiger partial charge >= 0.3 is 5.76 Å². The van der Waals surface area contributed by atoms with Crippen molar-refractivity contribution in [3.05, 3.63) is 16.4 Å². The standard InChI is InChI=1S/C6H8N2O2/c9-6-7-5(8-10-6)3-4-1-2-4/h4H,1-3H2,(H,7,8,9). The average molecular weight is 140 g/mol. The fraction of sp³-hybridized carbons (Fsp3) is 0.667. The zero-order valence-corrected chi connectivity index (χ0v) is 5.46. The van der Waals surface area contributed by atoms with E-state index in [1.807, 2.05) is 0 Å². The summed E-state index contributed by atoms with van der Waals surface area (Å²) in [6.45, 7) is 0. The highest BCUT2D eigenvalue weighted by Gasteiger charge is 2.23. The summed E-state index contributed by atoms with van der Waals surface area (Å²) in [7, 11) is 0. The number of rotatable bonds is 2. The normalized spacial score (nSPS) is 17.6. The molecule has 1 heterocycles. The highest BCUT2D eigenvalue weighted by Crippen LogP contribution is 2.31. The fourth-order valence-corrected chi connectivity index (χ4v) is 0.944. The van der Waals surface area contributed by atoms with E-state index in [-0.39, 0.29) is 0 Å². The van der Waals surface area contributed by atoms with Crippen LogP contribution in [0.25, 0.3) is 0 Å². The van der Waals surface area contributed by atoms with Crippen molar-refractivity contribution in [2.75, 3.05) is 0 Å². The molecule has 1 N–H and O–H groups in total. The number of aromatic nitrogens is 2. The van der Waals surface area contributed by atoms with E-state index < -0.39 is 5.76 Å². The predicted molar refractivity (Wildman–Crippen MR) is 33.6 cm³/mol. The highest BCUT2D eigenvalue weighted by molar-refractivity contribution is 4.87. The van der Waals surface area contributed by atoms with Gasteiger partial charge in [-0.3, -0.25) is 9.51 Å². The van der Waals surface area contributed by atoms with E-state index >= 15 is 0 Å². The Morgan fingerprint density at radius 3 is 3.00 bits per heavy atom. The molecule has 1 aromatic rings. The van der Waals surface area contributed by atoms with Crippen molar-refractivity contribution in [1.82, 2.24) is 10.1 Å². The van der Waals surface area contributed by atoms with Crippen LogP contribution in [0.1, 0.15) is 18.7 Å². The number of H-pyrrole nitrogens is 1. The molecule has 54 valence electrons. The minimum Gasteiger partial charge on any atom is -0.296 e. The van der Waals surface area contributed by atoms with Crippen LogP contribution in [0.5, 0.6) is 0 Å².